The van der Waals surface area contributed by atoms with Crippen LogP contribution in [0, 0.1) is 5.82 Å². The average Bonchev–Trinajstić information content (AvgIpc) is 3.68. The highest BCUT2D eigenvalue weighted by atomic mass is 19.1. The van der Waals surface area contributed by atoms with E-state index in [4.69, 9.17) is 14.7 Å². The molecule has 2 bridgehead atoms. The van der Waals surface area contributed by atoms with Crippen LogP contribution in [0.4, 0.5) is 10.2 Å². The lowest BCUT2D eigenvalue weighted by atomic mass is 9.95. The van der Waals surface area contributed by atoms with E-state index in [1.165, 1.54) is 12.8 Å². The molecule has 0 aliphatic carbocycles. The maximum atomic E-state index is 16.8. The van der Waals surface area contributed by atoms with Gasteiger partial charge in [0.2, 0.25) is 0 Å². The van der Waals surface area contributed by atoms with Crippen molar-refractivity contribution in [1.82, 2.24) is 25.2 Å². The number of nitrogens with zero attached hydrogens (tertiary/aromatic N) is 5. The fourth-order valence-electron chi connectivity index (χ4n) is 8.12. The van der Waals surface area contributed by atoms with Crippen molar-refractivity contribution >= 4 is 27.5 Å². The zero-order chi connectivity index (χ0) is 28.4. The van der Waals surface area contributed by atoms with E-state index in [1.807, 2.05) is 18.2 Å². The van der Waals surface area contributed by atoms with E-state index in [1.54, 1.807) is 18.3 Å². The van der Waals surface area contributed by atoms with E-state index in [2.05, 4.69) is 27.0 Å². The Morgan fingerprint density at radius 2 is 1.88 bits per heavy atom. The van der Waals surface area contributed by atoms with E-state index < -0.39 is 5.82 Å². The SMILES string of the molecule is CCc1cccc2cc(O)cc(-c3ncc4c(N5CC6CCC(C5)N6)nc(OCC56CCCN5CCC6)nc4c3F)c12. The van der Waals surface area contributed by atoms with Gasteiger partial charge in [0.05, 0.1) is 10.9 Å². The number of hydrogen-bond acceptors (Lipinski definition) is 8. The van der Waals surface area contributed by atoms with Gasteiger partial charge in [0.15, 0.2) is 5.82 Å². The molecule has 2 aromatic heterocycles. The lowest BCUT2D eigenvalue weighted by molar-refractivity contribution is 0.108. The Morgan fingerprint density at radius 1 is 1.10 bits per heavy atom. The smallest absolute Gasteiger partial charge is 0.319 e. The molecule has 0 radical (unpaired) electrons. The molecule has 218 valence electrons. The Balaban J connectivity index is 1.27. The van der Waals surface area contributed by atoms with Crippen LogP contribution in [0.1, 0.15) is 51.0 Å². The number of fused-ring (bicyclic) bond motifs is 5. The van der Waals surface area contributed by atoms with E-state index >= 15 is 4.39 Å². The number of phenolic OH excluding ortho intramolecular Hbond substituents is 1. The number of anilines is 1. The van der Waals surface area contributed by atoms with Gasteiger partial charge in [0, 0.05) is 36.9 Å². The van der Waals surface area contributed by atoms with Gasteiger partial charge in [0.25, 0.3) is 0 Å². The molecule has 8 rings (SSSR count). The van der Waals surface area contributed by atoms with Crippen molar-refractivity contribution < 1.29 is 14.2 Å². The number of aromatic nitrogens is 3. The molecule has 9 heteroatoms. The van der Waals surface area contributed by atoms with Crippen LogP contribution in [0.25, 0.3) is 32.9 Å². The van der Waals surface area contributed by atoms with Crippen molar-refractivity contribution in [2.45, 2.75) is 69.5 Å². The summed E-state index contributed by atoms with van der Waals surface area (Å²) in [4.78, 5) is 19.1. The number of benzene rings is 2. The number of aromatic hydroxyl groups is 1. The summed E-state index contributed by atoms with van der Waals surface area (Å²) in [7, 11) is 0. The predicted octanol–water partition coefficient (Wildman–Crippen LogP) is 5.20. The molecule has 2 atom stereocenters. The highest BCUT2D eigenvalue weighted by Crippen LogP contribution is 2.41. The second-order valence-corrected chi connectivity index (χ2v) is 12.6. The summed E-state index contributed by atoms with van der Waals surface area (Å²) in [6, 6.07) is 10.3. The van der Waals surface area contributed by atoms with Crippen molar-refractivity contribution in [2.75, 3.05) is 37.7 Å². The maximum Gasteiger partial charge on any atom is 0.319 e. The van der Waals surface area contributed by atoms with E-state index in [9.17, 15) is 5.11 Å². The quantitative estimate of drug-likeness (QED) is 0.328. The van der Waals surface area contributed by atoms with Crippen LogP contribution >= 0.6 is 0 Å². The number of piperazine rings is 1. The topological polar surface area (TPSA) is 86.6 Å². The third-order valence-corrected chi connectivity index (χ3v) is 10.1. The Morgan fingerprint density at radius 3 is 2.64 bits per heavy atom. The minimum absolute atomic E-state index is 0.0333. The van der Waals surface area contributed by atoms with Crippen LogP contribution in [0.2, 0.25) is 0 Å². The van der Waals surface area contributed by atoms with Crippen LogP contribution in [-0.4, -0.2) is 75.4 Å². The first kappa shape index (κ1) is 26.1. The van der Waals surface area contributed by atoms with Crippen molar-refractivity contribution in [2.24, 2.45) is 0 Å². The van der Waals surface area contributed by atoms with Gasteiger partial charge < -0.3 is 20.1 Å². The second-order valence-electron chi connectivity index (χ2n) is 12.6. The molecule has 4 saturated heterocycles. The third-order valence-electron chi connectivity index (χ3n) is 10.1. The van der Waals surface area contributed by atoms with Gasteiger partial charge in [-0.15, -0.1) is 0 Å². The first-order valence-corrected chi connectivity index (χ1v) is 15.5. The Bertz CT molecular complexity index is 1670. The number of hydrogen-bond donors (Lipinski definition) is 2. The van der Waals surface area contributed by atoms with Crippen molar-refractivity contribution in [1.29, 1.82) is 0 Å². The van der Waals surface area contributed by atoms with Gasteiger partial charge in [-0.25, -0.2) is 4.39 Å². The number of aryl methyl sites for hydroxylation is 1. The van der Waals surface area contributed by atoms with Gasteiger partial charge in [0.1, 0.15) is 29.4 Å². The number of ether oxygens (including phenoxy) is 1. The Labute approximate surface area is 244 Å². The lowest BCUT2D eigenvalue weighted by Crippen LogP contribution is -2.51. The van der Waals surface area contributed by atoms with Gasteiger partial charge in [-0.2, -0.15) is 9.97 Å². The first-order valence-electron chi connectivity index (χ1n) is 15.5. The van der Waals surface area contributed by atoms with Crippen LogP contribution < -0.4 is 15.0 Å². The zero-order valence-electron chi connectivity index (χ0n) is 24.1. The summed E-state index contributed by atoms with van der Waals surface area (Å²) in [5.74, 6) is 0.250. The van der Waals surface area contributed by atoms with E-state index in [-0.39, 0.29) is 28.5 Å². The molecule has 0 saturated carbocycles. The number of rotatable bonds is 6. The highest BCUT2D eigenvalue weighted by molar-refractivity contribution is 6.01. The summed E-state index contributed by atoms with van der Waals surface area (Å²) in [6.07, 6.45) is 9.33. The minimum Gasteiger partial charge on any atom is -0.508 e. The molecule has 8 nitrogen and oxygen atoms in total. The minimum atomic E-state index is -0.515. The second kappa shape index (κ2) is 10.0. The fraction of sp³-hybridized carbons (Fsp3) is 0.485. The molecule has 4 aliphatic rings. The monoisotopic (exact) mass is 568 g/mol. The zero-order valence-corrected chi connectivity index (χ0v) is 24.1. The molecular formula is C33H37FN6O2. The number of pyridine rings is 1. The van der Waals surface area contributed by atoms with Crippen LogP contribution in [0.3, 0.4) is 0 Å². The molecule has 4 fully saturated rings. The average molecular weight is 569 g/mol. The third kappa shape index (κ3) is 4.20. The molecule has 2 unspecified atom stereocenters. The summed E-state index contributed by atoms with van der Waals surface area (Å²) < 4.78 is 23.2. The Hall–Kier alpha value is -3.56. The molecular weight excluding hydrogens is 531 g/mol. The number of halogens is 1. The molecule has 4 aromatic rings. The standard InChI is InChI=1S/C33H37FN6O2/c1-2-20-6-3-7-21-14-24(41)15-25(27(20)21)29-28(34)30-26(16-35-29)31(39-17-22-8-9-23(18-39)36-22)38-32(37-30)42-19-33-10-4-12-40(33)13-5-11-33/h3,6-7,14-16,22-23,36,41H,2,4-5,8-13,17-19H2,1H3. The number of nitrogens with one attached hydrogen (secondary N) is 1. The largest absolute Gasteiger partial charge is 0.508 e. The lowest BCUT2D eigenvalue weighted by Gasteiger charge is -2.34. The highest BCUT2D eigenvalue weighted by Gasteiger charge is 2.45. The van der Waals surface area contributed by atoms with E-state index in [0.717, 1.165) is 74.6 Å². The first-order chi connectivity index (χ1) is 20.5. The Kier molecular flexibility index (Phi) is 6.23. The molecule has 2 N–H and O–H groups in total. The van der Waals surface area contributed by atoms with E-state index in [0.29, 0.717) is 35.5 Å². The van der Waals surface area contributed by atoms with Gasteiger partial charge >= 0.3 is 6.01 Å². The summed E-state index contributed by atoms with van der Waals surface area (Å²) >= 11 is 0. The van der Waals surface area contributed by atoms with Crippen molar-refractivity contribution in [3.05, 3.63) is 47.9 Å². The van der Waals surface area contributed by atoms with Crippen LogP contribution in [0.15, 0.2) is 36.5 Å². The van der Waals surface area contributed by atoms with Gasteiger partial charge in [-0.1, -0.05) is 25.1 Å². The van der Waals surface area contributed by atoms with Crippen LogP contribution in [-0.2, 0) is 6.42 Å². The molecule has 0 spiro atoms. The summed E-state index contributed by atoms with van der Waals surface area (Å²) in [5, 5.41) is 16.6. The van der Waals surface area contributed by atoms with Gasteiger partial charge in [-0.05, 0) is 86.5 Å². The number of phenols is 1. The normalized spacial score (nSPS) is 23.2. The summed E-state index contributed by atoms with van der Waals surface area (Å²) in [6.45, 7) is 6.42. The van der Waals surface area contributed by atoms with Crippen LogP contribution in [0.5, 0.6) is 11.8 Å². The van der Waals surface area contributed by atoms with Gasteiger partial charge in [-0.3, -0.25) is 9.88 Å². The molecule has 6 heterocycles. The predicted molar refractivity (Wildman–Crippen MR) is 162 cm³/mol. The molecule has 2 aromatic carbocycles. The fourth-order valence-corrected chi connectivity index (χ4v) is 8.12. The molecule has 4 aliphatic heterocycles. The summed E-state index contributed by atoms with van der Waals surface area (Å²) in [5.41, 5.74) is 2.06. The molecule has 0 amide bonds. The van der Waals surface area contributed by atoms with Crippen molar-refractivity contribution in [3.8, 4) is 23.0 Å². The maximum absolute atomic E-state index is 16.8. The molecule has 42 heavy (non-hydrogen) atoms. The van der Waals surface area contributed by atoms with Crippen molar-refractivity contribution in [3.63, 3.8) is 0 Å².